The molecule has 0 unspecified atom stereocenters. The highest BCUT2D eigenvalue weighted by Gasteiger charge is 1.98. The number of amides is 1. The highest BCUT2D eigenvalue weighted by Crippen LogP contribution is 1.97. The molecule has 0 fully saturated rings. The van der Waals surface area contributed by atoms with Gasteiger partial charge in [0, 0.05) is 32.3 Å². The van der Waals surface area contributed by atoms with E-state index >= 15 is 0 Å². The number of aromatic nitrogens is 1. The lowest BCUT2D eigenvalue weighted by molar-refractivity contribution is -0.120. The Morgan fingerprint density at radius 2 is 2.25 bits per heavy atom. The van der Waals surface area contributed by atoms with Crippen LogP contribution in [0.25, 0.3) is 0 Å². The molecule has 0 aliphatic rings. The van der Waals surface area contributed by atoms with Crippen molar-refractivity contribution >= 4 is 5.91 Å². The summed E-state index contributed by atoms with van der Waals surface area (Å²) >= 11 is 0. The number of carbonyl (C=O) groups excluding carboxylic acids is 1. The van der Waals surface area contributed by atoms with Crippen LogP contribution in [-0.4, -0.2) is 24.0 Å². The molecule has 0 aromatic carbocycles. The Bertz CT molecular complexity index is 322. The fraction of sp³-hybridized carbons (Fsp3) is 0.500. The van der Waals surface area contributed by atoms with Crippen LogP contribution in [0.4, 0.5) is 0 Å². The summed E-state index contributed by atoms with van der Waals surface area (Å²) in [7, 11) is 0. The molecular weight excluding hydrogens is 202 g/mol. The Morgan fingerprint density at radius 1 is 1.44 bits per heavy atom. The van der Waals surface area contributed by atoms with Crippen molar-refractivity contribution in [2.45, 2.75) is 26.8 Å². The molecule has 1 rings (SSSR count). The van der Waals surface area contributed by atoms with E-state index in [0.717, 1.165) is 11.3 Å². The zero-order chi connectivity index (χ0) is 11.8. The molecular formula is C12H19N3O. The Labute approximate surface area is 96.5 Å². The van der Waals surface area contributed by atoms with E-state index in [2.05, 4.69) is 15.6 Å². The predicted octanol–water partition coefficient (Wildman–Crippen LogP) is 1.01. The lowest BCUT2D eigenvalue weighted by Gasteiger charge is -2.04. The van der Waals surface area contributed by atoms with E-state index in [9.17, 15) is 4.79 Å². The van der Waals surface area contributed by atoms with Gasteiger partial charge >= 0.3 is 0 Å². The number of hydrogen-bond acceptors (Lipinski definition) is 3. The summed E-state index contributed by atoms with van der Waals surface area (Å²) in [6.45, 7) is 6.01. The molecule has 4 heteroatoms. The van der Waals surface area contributed by atoms with Gasteiger partial charge in [-0.1, -0.05) is 6.07 Å². The van der Waals surface area contributed by atoms with Gasteiger partial charge in [-0.15, -0.1) is 0 Å². The van der Waals surface area contributed by atoms with Crippen LogP contribution in [0.15, 0.2) is 18.3 Å². The van der Waals surface area contributed by atoms with Crippen LogP contribution in [0.1, 0.15) is 24.6 Å². The van der Waals surface area contributed by atoms with Gasteiger partial charge < -0.3 is 10.6 Å². The number of hydrogen-bond donors (Lipinski definition) is 2. The first-order valence-electron chi connectivity index (χ1n) is 5.61. The molecule has 0 saturated carbocycles. The summed E-state index contributed by atoms with van der Waals surface area (Å²) in [6, 6.07) is 4.03. The SMILES string of the molecule is CCNC(=O)CCNCc1ccc(C)cn1. The maximum Gasteiger partial charge on any atom is 0.221 e. The van der Waals surface area contributed by atoms with Crippen LogP contribution in [0, 0.1) is 6.92 Å². The molecule has 1 aromatic heterocycles. The summed E-state index contributed by atoms with van der Waals surface area (Å²) in [5.74, 6) is 0.0897. The molecule has 0 saturated heterocycles. The molecule has 1 amide bonds. The van der Waals surface area contributed by atoms with E-state index in [1.54, 1.807) is 0 Å². The summed E-state index contributed by atoms with van der Waals surface area (Å²) < 4.78 is 0. The smallest absolute Gasteiger partial charge is 0.221 e. The predicted molar refractivity (Wildman–Crippen MR) is 64.0 cm³/mol. The van der Waals surface area contributed by atoms with Gasteiger partial charge in [-0.3, -0.25) is 9.78 Å². The second-order valence-electron chi connectivity index (χ2n) is 3.71. The maximum atomic E-state index is 11.1. The fourth-order valence-electron chi connectivity index (χ4n) is 1.31. The molecule has 16 heavy (non-hydrogen) atoms. The van der Waals surface area contributed by atoms with Crippen LogP contribution in [0.2, 0.25) is 0 Å². The minimum Gasteiger partial charge on any atom is -0.356 e. The van der Waals surface area contributed by atoms with E-state index in [0.29, 0.717) is 26.1 Å². The summed E-state index contributed by atoms with van der Waals surface area (Å²) in [4.78, 5) is 15.4. The highest BCUT2D eigenvalue weighted by molar-refractivity contribution is 5.75. The molecule has 0 atom stereocenters. The van der Waals surface area contributed by atoms with E-state index in [1.807, 2.05) is 32.2 Å². The van der Waals surface area contributed by atoms with E-state index in [4.69, 9.17) is 0 Å². The zero-order valence-electron chi connectivity index (χ0n) is 9.92. The molecule has 0 radical (unpaired) electrons. The van der Waals surface area contributed by atoms with E-state index in [1.165, 1.54) is 0 Å². The topological polar surface area (TPSA) is 54.0 Å². The van der Waals surface area contributed by atoms with Crippen LogP contribution < -0.4 is 10.6 Å². The van der Waals surface area contributed by atoms with E-state index in [-0.39, 0.29) is 5.91 Å². The van der Waals surface area contributed by atoms with Gasteiger partial charge in [0.2, 0.25) is 5.91 Å². The van der Waals surface area contributed by atoms with Gasteiger partial charge in [-0.2, -0.15) is 0 Å². The fourth-order valence-corrected chi connectivity index (χ4v) is 1.31. The molecule has 0 bridgehead atoms. The van der Waals surface area contributed by atoms with Gasteiger partial charge in [-0.05, 0) is 25.5 Å². The molecule has 88 valence electrons. The third kappa shape index (κ3) is 4.89. The van der Waals surface area contributed by atoms with Crippen molar-refractivity contribution in [3.63, 3.8) is 0 Å². The van der Waals surface area contributed by atoms with Crippen LogP contribution in [0.3, 0.4) is 0 Å². The minimum atomic E-state index is 0.0897. The highest BCUT2D eigenvalue weighted by atomic mass is 16.1. The number of nitrogens with one attached hydrogen (secondary N) is 2. The lowest BCUT2D eigenvalue weighted by Crippen LogP contribution is -2.27. The second-order valence-corrected chi connectivity index (χ2v) is 3.71. The normalized spacial score (nSPS) is 10.1. The van der Waals surface area contributed by atoms with Crippen molar-refractivity contribution in [1.29, 1.82) is 0 Å². The van der Waals surface area contributed by atoms with Crippen molar-refractivity contribution in [3.8, 4) is 0 Å². The van der Waals surface area contributed by atoms with Gasteiger partial charge in [0.25, 0.3) is 0 Å². The first-order chi connectivity index (χ1) is 7.72. The van der Waals surface area contributed by atoms with E-state index < -0.39 is 0 Å². The Hall–Kier alpha value is -1.42. The molecule has 0 aliphatic heterocycles. The van der Waals surface area contributed by atoms with Crippen molar-refractivity contribution in [2.75, 3.05) is 13.1 Å². The Balaban J connectivity index is 2.16. The molecule has 2 N–H and O–H groups in total. The molecule has 1 aromatic rings. The molecule has 4 nitrogen and oxygen atoms in total. The largest absolute Gasteiger partial charge is 0.356 e. The quantitative estimate of drug-likeness (QED) is 0.705. The number of rotatable bonds is 6. The van der Waals surface area contributed by atoms with Crippen LogP contribution >= 0.6 is 0 Å². The summed E-state index contributed by atoms with van der Waals surface area (Å²) in [5.41, 5.74) is 2.16. The first-order valence-corrected chi connectivity index (χ1v) is 5.61. The number of nitrogens with zero attached hydrogens (tertiary/aromatic N) is 1. The molecule has 0 spiro atoms. The monoisotopic (exact) mass is 221 g/mol. The number of pyridine rings is 1. The average molecular weight is 221 g/mol. The summed E-state index contributed by atoms with van der Waals surface area (Å²) in [6.07, 6.45) is 2.36. The Kier molecular flexibility index (Phi) is 5.50. The number of carbonyl (C=O) groups is 1. The van der Waals surface area contributed by atoms with Gasteiger partial charge in [0.05, 0.1) is 5.69 Å². The van der Waals surface area contributed by atoms with Crippen LogP contribution in [-0.2, 0) is 11.3 Å². The van der Waals surface area contributed by atoms with Crippen molar-refractivity contribution in [3.05, 3.63) is 29.6 Å². The van der Waals surface area contributed by atoms with Gasteiger partial charge in [0.1, 0.15) is 0 Å². The van der Waals surface area contributed by atoms with Gasteiger partial charge in [-0.25, -0.2) is 0 Å². The number of aryl methyl sites for hydroxylation is 1. The molecule has 0 aliphatic carbocycles. The minimum absolute atomic E-state index is 0.0897. The van der Waals surface area contributed by atoms with Gasteiger partial charge in [0.15, 0.2) is 0 Å². The zero-order valence-corrected chi connectivity index (χ0v) is 9.92. The third-order valence-electron chi connectivity index (χ3n) is 2.18. The average Bonchev–Trinajstić information content (AvgIpc) is 2.27. The van der Waals surface area contributed by atoms with Crippen molar-refractivity contribution in [2.24, 2.45) is 0 Å². The second kappa shape index (κ2) is 6.95. The maximum absolute atomic E-state index is 11.1. The Morgan fingerprint density at radius 3 is 2.88 bits per heavy atom. The third-order valence-corrected chi connectivity index (χ3v) is 2.18. The lowest BCUT2D eigenvalue weighted by atomic mass is 10.3. The molecule has 1 heterocycles. The van der Waals surface area contributed by atoms with Crippen molar-refractivity contribution < 1.29 is 4.79 Å². The standard InChI is InChI=1S/C12H19N3O/c1-3-14-12(16)6-7-13-9-11-5-4-10(2)8-15-11/h4-5,8,13H,3,6-7,9H2,1-2H3,(H,14,16). The first kappa shape index (κ1) is 12.6. The van der Waals surface area contributed by atoms with Crippen molar-refractivity contribution in [1.82, 2.24) is 15.6 Å². The summed E-state index contributed by atoms with van der Waals surface area (Å²) in [5, 5.41) is 5.94. The van der Waals surface area contributed by atoms with Crippen LogP contribution in [0.5, 0.6) is 0 Å².